The Labute approximate surface area is 227 Å². The first-order valence-corrected chi connectivity index (χ1v) is 12.6. The zero-order valence-corrected chi connectivity index (χ0v) is 21.6. The Balaban J connectivity index is 1.66. The molecule has 0 heterocycles. The average molecular weight is 539 g/mol. The van der Waals surface area contributed by atoms with E-state index >= 15 is 0 Å². The van der Waals surface area contributed by atoms with Gasteiger partial charge in [0.2, 0.25) is 0 Å². The lowest BCUT2D eigenvalue weighted by Gasteiger charge is -2.34. The summed E-state index contributed by atoms with van der Waals surface area (Å²) in [6.07, 6.45) is 0.712. The van der Waals surface area contributed by atoms with Crippen molar-refractivity contribution in [2.45, 2.75) is 25.7 Å². The molecule has 0 aliphatic heterocycles. The highest BCUT2D eigenvalue weighted by Crippen LogP contribution is 2.53. The van der Waals surface area contributed by atoms with Crippen molar-refractivity contribution in [2.24, 2.45) is 10.8 Å². The van der Waals surface area contributed by atoms with Gasteiger partial charge in [0, 0.05) is 46.2 Å². The van der Waals surface area contributed by atoms with Crippen molar-refractivity contribution in [3.63, 3.8) is 0 Å². The second-order valence-corrected chi connectivity index (χ2v) is 10.6. The molecular formula is C31H22O9. The number of allylic oxidation sites excluding steroid dienone is 4. The first kappa shape index (κ1) is 25.5. The first-order valence-electron chi connectivity index (χ1n) is 12.6. The van der Waals surface area contributed by atoms with Crippen LogP contribution in [-0.4, -0.2) is 55.1 Å². The zero-order valence-electron chi connectivity index (χ0n) is 21.6. The number of ether oxygens (including phenoxy) is 2. The number of rotatable bonds is 2. The van der Waals surface area contributed by atoms with Crippen LogP contribution in [0, 0.1) is 10.8 Å². The predicted molar refractivity (Wildman–Crippen MR) is 137 cm³/mol. The molecule has 40 heavy (non-hydrogen) atoms. The van der Waals surface area contributed by atoms with Gasteiger partial charge in [-0.2, -0.15) is 0 Å². The fraction of sp³-hybridized carbons (Fsp3) is 0.258. The summed E-state index contributed by atoms with van der Waals surface area (Å²) in [7, 11) is 2.19. The molecule has 9 heteroatoms. The van der Waals surface area contributed by atoms with E-state index < -0.39 is 64.5 Å². The number of ketones is 5. The molecule has 0 saturated carbocycles. The number of benzene rings is 2. The molecule has 4 aliphatic carbocycles. The third kappa shape index (κ3) is 3.23. The van der Waals surface area contributed by atoms with Crippen molar-refractivity contribution in [1.29, 1.82) is 0 Å². The van der Waals surface area contributed by atoms with Crippen molar-refractivity contribution in [3.05, 3.63) is 93.1 Å². The molecule has 0 N–H and O–H groups in total. The summed E-state index contributed by atoms with van der Waals surface area (Å²) < 4.78 is 10.2. The van der Waals surface area contributed by atoms with Crippen LogP contribution in [0.1, 0.15) is 65.4 Å². The summed E-state index contributed by atoms with van der Waals surface area (Å²) in [5.74, 6) is -4.65. The molecular weight excluding hydrogens is 516 g/mol. The number of fused-ring (bicyclic) bond motifs is 5. The van der Waals surface area contributed by atoms with Crippen LogP contribution >= 0.6 is 0 Å². The van der Waals surface area contributed by atoms with Gasteiger partial charge in [0.05, 0.1) is 14.2 Å². The lowest BCUT2D eigenvalue weighted by molar-refractivity contribution is -0.168. The second-order valence-electron chi connectivity index (χ2n) is 10.6. The minimum Gasteiger partial charge on any atom is -0.468 e. The van der Waals surface area contributed by atoms with Crippen LogP contribution in [0.2, 0.25) is 0 Å². The van der Waals surface area contributed by atoms with Crippen LogP contribution in [0.5, 0.6) is 0 Å². The minimum absolute atomic E-state index is 0.0242. The molecule has 0 radical (unpaired) electrons. The number of methoxy groups -OCH3 is 2. The van der Waals surface area contributed by atoms with Crippen LogP contribution in [-0.2, 0) is 36.7 Å². The summed E-state index contributed by atoms with van der Waals surface area (Å²) in [5, 5.41) is 0. The highest BCUT2D eigenvalue weighted by atomic mass is 16.5. The van der Waals surface area contributed by atoms with Crippen LogP contribution in [0.4, 0.5) is 0 Å². The maximum atomic E-state index is 14.6. The fourth-order valence-electron chi connectivity index (χ4n) is 6.63. The molecule has 0 aromatic heterocycles. The Morgan fingerprint density at radius 3 is 1.40 bits per heavy atom. The zero-order chi connectivity index (χ0) is 28.6. The topological polar surface area (TPSA) is 138 Å². The average Bonchev–Trinajstić information content (AvgIpc) is 3.14. The summed E-state index contributed by atoms with van der Waals surface area (Å²) in [5.41, 5.74) is -2.93. The fourth-order valence-corrected chi connectivity index (χ4v) is 6.63. The summed E-state index contributed by atoms with van der Waals surface area (Å²) >= 11 is 0. The Kier molecular flexibility index (Phi) is 5.48. The molecule has 6 rings (SSSR count). The highest BCUT2D eigenvalue weighted by Gasteiger charge is 2.64. The van der Waals surface area contributed by atoms with Gasteiger partial charge in [-0.05, 0) is 48.3 Å². The largest absolute Gasteiger partial charge is 0.468 e. The molecule has 0 saturated heterocycles. The van der Waals surface area contributed by atoms with E-state index in [2.05, 4.69) is 0 Å². The van der Waals surface area contributed by atoms with Crippen LogP contribution in [0.3, 0.4) is 0 Å². The van der Waals surface area contributed by atoms with Gasteiger partial charge in [-0.1, -0.05) is 24.3 Å². The van der Waals surface area contributed by atoms with Gasteiger partial charge < -0.3 is 9.47 Å². The van der Waals surface area contributed by atoms with Crippen LogP contribution < -0.4 is 0 Å². The number of carbonyl (C=O) groups excluding carboxylic acids is 7. The van der Waals surface area contributed by atoms with Gasteiger partial charge in [-0.15, -0.1) is 0 Å². The van der Waals surface area contributed by atoms with Crippen molar-refractivity contribution in [3.8, 4) is 0 Å². The lowest BCUT2D eigenvalue weighted by atomic mass is 9.65. The van der Waals surface area contributed by atoms with Gasteiger partial charge in [-0.3, -0.25) is 33.6 Å². The molecule has 2 aromatic carbocycles. The van der Waals surface area contributed by atoms with Gasteiger partial charge in [-0.25, -0.2) is 0 Å². The standard InChI is InChI=1S/C31H22O9/c1-39-28(37)30-11-15-9-19-20(24(33)8-7-23(19)32)10-16(15)12-31(27(30)36,29(38)40-2)14-22-21(13-30)25(34)17-5-3-4-6-18(17)26(22)35/h3-10H,11-14H2,1-2H3. The van der Waals surface area contributed by atoms with E-state index in [0.717, 1.165) is 26.4 Å². The Bertz CT molecular complexity index is 1580. The van der Waals surface area contributed by atoms with Gasteiger partial charge in [0.25, 0.3) is 0 Å². The first-order chi connectivity index (χ1) is 19.1. The third-order valence-corrected chi connectivity index (χ3v) is 8.55. The third-order valence-electron chi connectivity index (χ3n) is 8.55. The number of hydrogen-bond donors (Lipinski definition) is 0. The molecule has 2 aromatic rings. The maximum absolute atomic E-state index is 14.6. The van der Waals surface area contributed by atoms with E-state index in [-0.39, 0.29) is 46.2 Å². The van der Waals surface area contributed by atoms with Crippen molar-refractivity contribution in [2.75, 3.05) is 14.2 Å². The van der Waals surface area contributed by atoms with Crippen LogP contribution in [0.25, 0.3) is 0 Å². The number of Topliss-reactive ketones (excluding diaryl/α,β-unsaturated/α-hetero) is 3. The lowest BCUT2D eigenvalue weighted by Crippen LogP contribution is -2.52. The molecule has 0 amide bonds. The molecule has 4 aliphatic rings. The summed E-state index contributed by atoms with van der Waals surface area (Å²) in [4.78, 5) is 94.8. The molecule has 2 unspecified atom stereocenters. The smallest absolute Gasteiger partial charge is 0.320 e. The predicted octanol–water partition coefficient (Wildman–Crippen LogP) is 2.78. The van der Waals surface area contributed by atoms with Crippen molar-refractivity contribution >= 4 is 40.9 Å². The van der Waals surface area contributed by atoms with Crippen molar-refractivity contribution in [1.82, 2.24) is 0 Å². The monoisotopic (exact) mass is 538 g/mol. The maximum Gasteiger partial charge on any atom is 0.320 e. The molecule has 2 bridgehead atoms. The number of carbonyl (C=O) groups is 7. The minimum atomic E-state index is -2.08. The van der Waals surface area contributed by atoms with E-state index in [1.165, 1.54) is 24.3 Å². The summed E-state index contributed by atoms with van der Waals surface area (Å²) in [6, 6.07) is 9.16. The van der Waals surface area contributed by atoms with E-state index in [4.69, 9.17) is 9.47 Å². The summed E-state index contributed by atoms with van der Waals surface area (Å²) in [6.45, 7) is 0. The van der Waals surface area contributed by atoms with E-state index in [1.807, 2.05) is 0 Å². The molecule has 2 atom stereocenters. The van der Waals surface area contributed by atoms with Crippen LogP contribution in [0.15, 0.2) is 59.7 Å². The molecule has 9 nitrogen and oxygen atoms in total. The SMILES string of the molecule is COC(=O)C12CC3=C(CC(C(=O)OC)(Cc4cc5c(cc4C1)C(=O)C=CC5=O)C2=O)C(=O)c1ccccc1C3=O. The van der Waals surface area contributed by atoms with E-state index in [1.54, 1.807) is 12.1 Å². The van der Waals surface area contributed by atoms with Crippen molar-refractivity contribution < 1.29 is 43.0 Å². The molecule has 0 fully saturated rings. The van der Waals surface area contributed by atoms with Gasteiger partial charge >= 0.3 is 11.9 Å². The number of hydrogen-bond acceptors (Lipinski definition) is 9. The highest BCUT2D eigenvalue weighted by molar-refractivity contribution is 6.29. The molecule has 200 valence electrons. The Hall–Kier alpha value is -4.79. The van der Waals surface area contributed by atoms with Gasteiger partial charge in [0.1, 0.15) is 10.8 Å². The quantitative estimate of drug-likeness (QED) is 0.417. The number of esters is 2. The second kappa shape index (κ2) is 8.61. The molecule has 0 spiro atoms. The Morgan fingerprint density at radius 1 is 0.625 bits per heavy atom. The van der Waals surface area contributed by atoms with Gasteiger partial charge in [0.15, 0.2) is 28.9 Å². The Morgan fingerprint density at radius 2 is 1.02 bits per heavy atom. The van der Waals surface area contributed by atoms with E-state index in [0.29, 0.717) is 11.1 Å². The normalized spacial score (nSPS) is 24.8. The van der Waals surface area contributed by atoms with E-state index in [9.17, 15) is 33.6 Å².